The summed E-state index contributed by atoms with van der Waals surface area (Å²) in [6.45, 7) is 1.95. The van der Waals surface area contributed by atoms with Crippen LogP contribution >= 0.6 is 23.1 Å². The van der Waals surface area contributed by atoms with Gasteiger partial charge in [0.05, 0.1) is 25.2 Å². The Morgan fingerprint density at radius 1 is 1.16 bits per heavy atom. The minimum absolute atomic E-state index is 0.105. The molecule has 0 radical (unpaired) electrons. The average molecular weight is 469 g/mol. The zero-order chi connectivity index (χ0) is 22.7. The minimum atomic E-state index is -0.510. The van der Waals surface area contributed by atoms with Gasteiger partial charge in [0.1, 0.15) is 16.3 Å². The Labute approximate surface area is 193 Å². The Morgan fingerprint density at radius 3 is 2.66 bits per heavy atom. The van der Waals surface area contributed by atoms with E-state index >= 15 is 0 Å². The molecule has 0 aliphatic carbocycles. The number of fused-ring (bicyclic) bond motifs is 1. The number of thioether (sulfide) groups is 1. The van der Waals surface area contributed by atoms with E-state index in [9.17, 15) is 14.4 Å². The molecular formula is C23H20N2O5S2. The van der Waals surface area contributed by atoms with Crippen LogP contribution in [0.3, 0.4) is 0 Å². The van der Waals surface area contributed by atoms with E-state index in [4.69, 9.17) is 9.47 Å². The summed E-state index contributed by atoms with van der Waals surface area (Å²) in [5.74, 6) is 0.0558. The van der Waals surface area contributed by atoms with Crippen molar-refractivity contribution in [2.45, 2.75) is 11.8 Å². The topological polar surface area (TPSA) is 93.7 Å². The number of carbonyl (C=O) groups excluding carboxylic acids is 3. The molecule has 9 heteroatoms. The summed E-state index contributed by atoms with van der Waals surface area (Å²) in [5.41, 5.74) is 2.76. The van der Waals surface area contributed by atoms with E-state index in [2.05, 4.69) is 10.6 Å². The highest BCUT2D eigenvalue weighted by Crippen LogP contribution is 2.37. The first-order valence-electron chi connectivity index (χ1n) is 9.81. The number of benzene rings is 2. The molecule has 2 heterocycles. The van der Waals surface area contributed by atoms with Crippen LogP contribution in [0.15, 0.2) is 52.7 Å². The van der Waals surface area contributed by atoms with Crippen molar-refractivity contribution in [3.05, 3.63) is 59.0 Å². The van der Waals surface area contributed by atoms with Gasteiger partial charge in [-0.15, -0.1) is 23.1 Å². The predicted molar refractivity (Wildman–Crippen MR) is 126 cm³/mol. The van der Waals surface area contributed by atoms with Gasteiger partial charge >= 0.3 is 5.97 Å². The van der Waals surface area contributed by atoms with Gasteiger partial charge < -0.3 is 20.1 Å². The fraction of sp³-hybridized carbons (Fsp3) is 0.174. The summed E-state index contributed by atoms with van der Waals surface area (Å²) in [5, 5.41) is 7.82. The monoisotopic (exact) mass is 468 g/mol. The van der Waals surface area contributed by atoms with Gasteiger partial charge in [0.2, 0.25) is 5.91 Å². The Kier molecular flexibility index (Phi) is 6.48. The molecule has 0 atom stereocenters. The molecule has 4 rings (SSSR count). The molecule has 0 bridgehead atoms. The quantitative estimate of drug-likeness (QED) is 0.500. The SMILES string of the molecule is CCOC(=O)c1c(-c2ccc(OC)cc2)csc1NC(=O)c1ccc2c(c1)NC(=O)CS2. The molecular weight excluding hydrogens is 448 g/mol. The number of hydrogen-bond acceptors (Lipinski definition) is 7. The van der Waals surface area contributed by atoms with Crippen molar-refractivity contribution in [1.82, 2.24) is 0 Å². The average Bonchev–Trinajstić information content (AvgIpc) is 3.22. The van der Waals surface area contributed by atoms with Gasteiger partial charge in [0.15, 0.2) is 0 Å². The predicted octanol–water partition coefficient (Wildman–Crippen LogP) is 4.90. The molecule has 1 aliphatic heterocycles. The van der Waals surface area contributed by atoms with Crippen molar-refractivity contribution in [3.8, 4) is 16.9 Å². The molecule has 2 aromatic carbocycles. The van der Waals surface area contributed by atoms with E-state index < -0.39 is 5.97 Å². The fourth-order valence-corrected chi connectivity index (χ4v) is 4.98. The van der Waals surface area contributed by atoms with Gasteiger partial charge in [0.25, 0.3) is 5.91 Å². The summed E-state index contributed by atoms with van der Waals surface area (Å²) in [6.07, 6.45) is 0. The molecule has 0 unspecified atom stereocenters. The first kappa shape index (κ1) is 21.9. The number of amides is 2. The van der Waals surface area contributed by atoms with E-state index in [0.29, 0.717) is 38.9 Å². The highest BCUT2D eigenvalue weighted by atomic mass is 32.2. The molecule has 1 aliphatic rings. The molecule has 7 nitrogen and oxygen atoms in total. The lowest BCUT2D eigenvalue weighted by Crippen LogP contribution is -2.20. The van der Waals surface area contributed by atoms with E-state index in [-0.39, 0.29) is 18.4 Å². The first-order valence-corrected chi connectivity index (χ1v) is 11.7. The molecule has 3 aromatic rings. The van der Waals surface area contributed by atoms with Crippen LogP contribution in [0.2, 0.25) is 0 Å². The van der Waals surface area contributed by atoms with Crippen LogP contribution in [0, 0.1) is 0 Å². The van der Waals surface area contributed by atoms with E-state index in [0.717, 1.165) is 10.5 Å². The number of methoxy groups -OCH3 is 1. The van der Waals surface area contributed by atoms with Crippen LogP contribution in [-0.2, 0) is 9.53 Å². The number of esters is 1. The lowest BCUT2D eigenvalue weighted by Gasteiger charge is -2.17. The van der Waals surface area contributed by atoms with Crippen LogP contribution in [0.4, 0.5) is 10.7 Å². The van der Waals surface area contributed by atoms with Gasteiger partial charge in [-0.25, -0.2) is 4.79 Å². The molecule has 0 saturated heterocycles. The largest absolute Gasteiger partial charge is 0.497 e. The highest BCUT2D eigenvalue weighted by molar-refractivity contribution is 8.00. The molecule has 0 fully saturated rings. The molecule has 0 saturated carbocycles. The van der Waals surface area contributed by atoms with Crippen molar-refractivity contribution in [2.75, 3.05) is 30.1 Å². The van der Waals surface area contributed by atoms with Crippen molar-refractivity contribution in [1.29, 1.82) is 0 Å². The maximum Gasteiger partial charge on any atom is 0.341 e. The second-order valence-electron chi connectivity index (χ2n) is 6.80. The van der Waals surface area contributed by atoms with Gasteiger partial charge in [-0.2, -0.15) is 0 Å². The lowest BCUT2D eigenvalue weighted by molar-refractivity contribution is -0.113. The number of rotatable bonds is 6. The van der Waals surface area contributed by atoms with Crippen LogP contribution in [-0.4, -0.2) is 37.3 Å². The summed E-state index contributed by atoms with van der Waals surface area (Å²) in [4.78, 5) is 38.3. The third kappa shape index (κ3) is 4.49. The Hall–Kier alpha value is -3.30. The lowest BCUT2D eigenvalue weighted by atomic mass is 10.0. The molecule has 0 spiro atoms. The Morgan fingerprint density at radius 2 is 1.94 bits per heavy atom. The molecule has 1 aromatic heterocycles. The van der Waals surface area contributed by atoms with Crippen LogP contribution in [0.1, 0.15) is 27.6 Å². The zero-order valence-electron chi connectivity index (χ0n) is 17.4. The smallest absolute Gasteiger partial charge is 0.341 e. The maximum absolute atomic E-state index is 13.0. The standard InChI is InChI=1S/C23H20N2O5S2/c1-3-30-23(28)20-16(13-4-7-15(29-2)8-5-13)11-32-22(20)25-21(27)14-6-9-18-17(10-14)24-19(26)12-31-18/h4-11H,3,12H2,1-2H3,(H,24,26)(H,25,27). The summed E-state index contributed by atoms with van der Waals surface area (Å²) >= 11 is 2.67. The Balaban J connectivity index is 1.65. The van der Waals surface area contributed by atoms with E-state index in [1.807, 2.05) is 17.5 Å². The fourth-order valence-electron chi connectivity index (χ4n) is 3.24. The minimum Gasteiger partial charge on any atom is -0.497 e. The normalized spacial score (nSPS) is 12.5. The number of ether oxygens (including phenoxy) is 2. The van der Waals surface area contributed by atoms with E-state index in [1.165, 1.54) is 23.1 Å². The Bertz CT molecular complexity index is 1190. The second-order valence-corrected chi connectivity index (χ2v) is 8.70. The van der Waals surface area contributed by atoms with Crippen LogP contribution in [0.25, 0.3) is 11.1 Å². The molecule has 2 amide bonds. The van der Waals surface area contributed by atoms with Crippen molar-refractivity contribution < 1.29 is 23.9 Å². The molecule has 32 heavy (non-hydrogen) atoms. The summed E-state index contributed by atoms with van der Waals surface area (Å²) in [7, 11) is 1.59. The van der Waals surface area contributed by atoms with E-state index in [1.54, 1.807) is 44.4 Å². The van der Waals surface area contributed by atoms with Gasteiger partial charge in [0, 0.05) is 21.4 Å². The third-order valence-corrected chi connectivity index (χ3v) is 6.74. The number of thiophene rings is 1. The summed E-state index contributed by atoms with van der Waals surface area (Å²) in [6, 6.07) is 12.4. The second kappa shape index (κ2) is 9.46. The summed E-state index contributed by atoms with van der Waals surface area (Å²) < 4.78 is 10.4. The van der Waals surface area contributed by atoms with Crippen LogP contribution in [0.5, 0.6) is 5.75 Å². The van der Waals surface area contributed by atoms with Crippen LogP contribution < -0.4 is 15.4 Å². The number of hydrogen-bond donors (Lipinski definition) is 2. The number of anilines is 2. The zero-order valence-corrected chi connectivity index (χ0v) is 19.0. The van der Waals surface area contributed by atoms with Crippen molar-refractivity contribution in [3.63, 3.8) is 0 Å². The molecule has 164 valence electrons. The first-order chi connectivity index (χ1) is 15.5. The third-order valence-electron chi connectivity index (χ3n) is 4.77. The van der Waals surface area contributed by atoms with Gasteiger partial charge in [-0.1, -0.05) is 12.1 Å². The number of nitrogens with one attached hydrogen (secondary N) is 2. The van der Waals surface area contributed by atoms with Gasteiger partial charge in [-0.05, 0) is 42.8 Å². The highest BCUT2D eigenvalue weighted by Gasteiger charge is 2.24. The maximum atomic E-state index is 13.0. The van der Waals surface area contributed by atoms with Gasteiger partial charge in [-0.3, -0.25) is 9.59 Å². The number of carbonyl (C=O) groups is 3. The van der Waals surface area contributed by atoms with Crippen molar-refractivity contribution >= 4 is 51.6 Å². The van der Waals surface area contributed by atoms with Crippen molar-refractivity contribution in [2.24, 2.45) is 0 Å². The molecule has 2 N–H and O–H groups in total.